The molecule has 2 rings (SSSR count). The van der Waals surface area contributed by atoms with Gasteiger partial charge in [-0.15, -0.1) is 0 Å². The van der Waals surface area contributed by atoms with E-state index in [9.17, 15) is 0 Å². The third kappa shape index (κ3) is 3.69. The normalized spacial score (nSPS) is 8.94. The van der Waals surface area contributed by atoms with Gasteiger partial charge >= 0.3 is 0 Å². The number of hydrogen-bond acceptors (Lipinski definition) is 3. The first kappa shape index (κ1) is 12.2. The number of nitrogens with zero attached hydrogens (tertiary/aromatic N) is 2. The van der Waals surface area contributed by atoms with E-state index < -0.39 is 0 Å². The van der Waals surface area contributed by atoms with Crippen molar-refractivity contribution in [1.29, 1.82) is 0 Å². The summed E-state index contributed by atoms with van der Waals surface area (Å²) in [5, 5.41) is 0. The molecule has 0 bridgehead atoms. The Bertz CT molecular complexity index is 415. The Morgan fingerprint density at radius 2 is 1.69 bits per heavy atom. The largest absolute Gasteiger partial charge is 0.421 e. The Hall–Kier alpha value is -1.90. The van der Waals surface area contributed by atoms with E-state index in [0.29, 0.717) is 11.8 Å². The van der Waals surface area contributed by atoms with Crippen LogP contribution in [0.4, 0.5) is 0 Å². The first-order valence-corrected chi connectivity index (χ1v) is 5.37. The summed E-state index contributed by atoms with van der Waals surface area (Å²) in [7, 11) is 0. The second-order valence-electron chi connectivity index (χ2n) is 2.89. The molecule has 84 valence electrons. The van der Waals surface area contributed by atoms with Gasteiger partial charge in [-0.05, 0) is 19.1 Å². The Balaban J connectivity index is 0.000000606. The molecule has 0 aliphatic carbocycles. The highest BCUT2D eigenvalue weighted by atomic mass is 16.5. The highest BCUT2D eigenvalue weighted by molar-refractivity contribution is 5.21. The molecule has 2 aromatic rings. The molecule has 0 aliphatic heterocycles. The third-order valence-electron chi connectivity index (χ3n) is 1.71. The molecule has 0 aliphatic rings. The van der Waals surface area contributed by atoms with Gasteiger partial charge in [0.05, 0.1) is 0 Å². The van der Waals surface area contributed by atoms with Crippen LogP contribution in [0, 0.1) is 6.92 Å². The summed E-state index contributed by atoms with van der Waals surface area (Å²) >= 11 is 0. The number of aromatic nitrogens is 2. The molecular weight excluding hydrogens is 200 g/mol. The van der Waals surface area contributed by atoms with Crippen LogP contribution < -0.4 is 4.74 Å². The van der Waals surface area contributed by atoms with E-state index in [2.05, 4.69) is 9.97 Å². The fourth-order valence-corrected chi connectivity index (χ4v) is 1.09. The summed E-state index contributed by atoms with van der Waals surface area (Å²) in [6, 6.07) is 11.1. The molecule has 0 amide bonds. The predicted octanol–water partition coefficient (Wildman–Crippen LogP) is 3.60. The van der Waals surface area contributed by atoms with Crippen molar-refractivity contribution in [2.24, 2.45) is 0 Å². The van der Waals surface area contributed by atoms with Crippen LogP contribution in [0.15, 0.2) is 42.6 Å². The van der Waals surface area contributed by atoms with Gasteiger partial charge in [-0.2, -0.15) is 0 Å². The highest BCUT2D eigenvalue weighted by Gasteiger charge is 1.97. The van der Waals surface area contributed by atoms with Gasteiger partial charge in [-0.3, -0.25) is 0 Å². The summed E-state index contributed by atoms with van der Waals surface area (Å²) in [6.07, 6.45) is 1.69. The van der Waals surface area contributed by atoms with Crippen LogP contribution in [0.5, 0.6) is 11.8 Å². The number of hydrogen-bond donors (Lipinski definition) is 0. The highest BCUT2D eigenvalue weighted by Crippen LogP contribution is 2.15. The molecule has 0 radical (unpaired) electrons. The van der Waals surface area contributed by atoms with Gasteiger partial charge < -0.3 is 4.74 Å². The van der Waals surface area contributed by atoms with Gasteiger partial charge in [-0.25, -0.2) is 9.97 Å². The number of pyridine rings is 2. The van der Waals surface area contributed by atoms with Crippen molar-refractivity contribution in [3.63, 3.8) is 0 Å². The molecule has 0 saturated heterocycles. The maximum absolute atomic E-state index is 5.44. The van der Waals surface area contributed by atoms with Crippen LogP contribution >= 0.6 is 0 Å². The van der Waals surface area contributed by atoms with Gasteiger partial charge in [0.2, 0.25) is 11.8 Å². The van der Waals surface area contributed by atoms with E-state index in [1.807, 2.05) is 51.1 Å². The lowest BCUT2D eigenvalue weighted by Gasteiger charge is -2.02. The van der Waals surface area contributed by atoms with Crippen molar-refractivity contribution in [3.8, 4) is 11.8 Å². The molecule has 0 saturated carbocycles. The molecule has 0 spiro atoms. The average Bonchev–Trinajstić information content (AvgIpc) is 2.33. The molecule has 0 atom stereocenters. The molecule has 0 N–H and O–H groups in total. The SMILES string of the molecule is CC.Cc1cccc(Oc2ccccn2)n1. The van der Waals surface area contributed by atoms with Crippen molar-refractivity contribution in [2.75, 3.05) is 0 Å². The first-order chi connectivity index (χ1) is 7.84. The quantitative estimate of drug-likeness (QED) is 0.769. The van der Waals surface area contributed by atoms with Crippen molar-refractivity contribution >= 4 is 0 Å². The first-order valence-electron chi connectivity index (χ1n) is 5.37. The van der Waals surface area contributed by atoms with Gasteiger partial charge in [0.1, 0.15) is 0 Å². The molecular formula is C13H16N2O. The second-order valence-corrected chi connectivity index (χ2v) is 2.89. The Labute approximate surface area is 96.1 Å². The number of ether oxygens (including phenoxy) is 1. The van der Waals surface area contributed by atoms with E-state index >= 15 is 0 Å². The minimum absolute atomic E-state index is 0.561. The van der Waals surface area contributed by atoms with Crippen LogP contribution in [0.25, 0.3) is 0 Å². The second kappa shape index (κ2) is 6.56. The monoisotopic (exact) mass is 216 g/mol. The fourth-order valence-electron chi connectivity index (χ4n) is 1.09. The minimum Gasteiger partial charge on any atom is -0.421 e. The lowest BCUT2D eigenvalue weighted by atomic mass is 10.4. The zero-order chi connectivity index (χ0) is 11.8. The van der Waals surface area contributed by atoms with E-state index in [4.69, 9.17) is 4.74 Å². The number of rotatable bonds is 2. The van der Waals surface area contributed by atoms with E-state index in [1.165, 1.54) is 0 Å². The molecule has 0 fully saturated rings. The van der Waals surface area contributed by atoms with Gasteiger partial charge in [-0.1, -0.05) is 26.0 Å². The fraction of sp³-hybridized carbons (Fsp3) is 0.231. The summed E-state index contributed by atoms with van der Waals surface area (Å²) in [4.78, 5) is 8.25. The maximum atomic E-state index is 5.44. The zero-order valence-corrected chi connectivity index (χ0v) is 9.84. The Morgan fingerprint density at radius 3 is 2.31 bits per heavy atom. The predicted molar refractivity (Wildman–Crippen MR) is 64.6 cm³/mol. The Kier molecular flexibility index (Phi) is 4.99. The summed E-state index contributed by atoms with van der Waals surface area (Å²) < 4.78 is 5.44. The number of aryl methyl sites for hydroxylation is 1. The summed E-state index contributed by atoms with van der Waals surface area (Å²) in [5.41, 5.74) is 0.929. The molecule has 0 unspecified atom stereocenters. The van der Waals surface area contributed by atoms with Crippen LogP contribution in [-0.4, -0.2) is 9.97 Å². The molecule has 2 aromatic heterocycles. The third-order valence-corrected chi connectivity index (χ3v) is 1.71. The minimum atomic E-state index is 0.561. The van der Waals surface area contributed by atoms with Gasteiger partial charge in [0.25, 0.3) is 0 Å². The van der Waals surface area contributed by atoms with Crippen molar-refractivity contribution in [2.45, 2.75) is 20.8 Å². The summed E-state index contributed by atoms with van der Waals surface area (Å²) in [6.45, 7) is 5.92. The molecule has 2 heterocycles. The van der Waals surface area contributed by atoms with Crippen LogP contribution in [0.2, 0.25) is 0 Å². The maximum Gasteiger partial charge on any atom is 0.221 e. The van der Waals surface area contributed by atoms with Gasteiger partial charge in [0.15, 0.2) is 0 Å². The lowest BCUT2D eigenvalue weighted by Crippen LogP contribution is -1.90. The zero-order valence-electron chi connectivity index (χ0n) is 9.84. The van der Waals surface area contributed by atoms with Crippen molar-refractivity contribution < 1.29 is 4.74 Å². The lowest BCUT2D eigenvalue weighted by molar-refractivity contribution is 0.443. The molecule has 16 heavy (non-hydrogen) atoms. The van der Waals surface area contributed by atoms with Gasteiger partial charge in [0, 0.05) is 24.0 Å². The van der Waals surface area contributed by atoms with E-state index in [0.717, 1.165) is 5.69 Å². The molecule has 0 aromatic carbocycles. The average molecular weight is 216 g/mol. The molecule has 3 nitrogen and oxygen atoms in total. The smallest absolute Gasteiger partial charge is 0.221 e. The van der Waals surface area contributed by atoms with Crippen molar-refractivity contribution in [3.05, 3.63) is 48.3 Å². The molecule has 3 heteroatoms. The van der Waals surface area contributed by atoms with Crippen molar-refractivity contribution in [1.82, 2.24) is 9.97 Å². The Morgan fingerprint density at radius 1 is 0.938 bits per heavy atom. The van der Waals surface area contributed by atoms with E-state index in [1.54, 1.807) is 12.3 Å². The van der Waals surface area contributed by atoms with Crippen LogP contribution in [0.3, 0.4) is 0 Å². The standard InChI is InChI=1S/C11H10N2O.C2H6/c1-9-5-4-7-11(13-9)14-10-6-2-3-8-12-10;1-2/h2-8H,1H3;1-2H3. The van der Waals surface area contributed by atoms with Crippen LogP contribution in [-0.2, 0) is 0 Å². The topological polar surface area (TPSA) is 35.0 Å². The summed E-state index contributed by atoms with van der Waals surface area (Å²) in [5.74, 6) is 1.13. The van der Waals surface area contributed by atoms with E-state index in [-0.39, 0.29) is 0 Å². The van der Waals surface area contributed by atoms with Crippen LogP contribution in [0.1, 0.15) is 19.5 Å².